The molecule has 0 heterocycles. The summed E-state index contributed by atoms with van der Waals surface area (Å²) in [7, 11) is 0. The summed E-state index contributed by atoms with van der Waals surface area (Å²) in [5, 5.41) is 10.3. The van der Waals surface area contributed by atoms with Crippen molar-refractivity contribution in [2.45, 2.75) is 9.33 Å². The average molecular weight is 392 g/mol. The topological polar surface area (TPSA) is 40.1 Å². The van der Waals surface area contributed by atoms with Crippen LogP contribution >= 0.6 is 12.6 Å². The summed E-state index contributed by atoms with van der Waals surface area (Å²) in [5.74, 6) is -1.19. The first-order valence-corrected chi connectivity index (χ1v) is 9.36. The summed E-state index contributed by atoms with van der Waals surface area (Å²) < 4.78 is 2.19. The van der Waals surface area contributed by atoms with E-state index < -0.39 is 5.97 Å². The monoisotopic (exact) mass is 393 g/mol. The van der Waals surface area contributed by atoms with E-state index in [1.54, 1.807) is 18.2 Å². The van der Waals surface area contributed by atoms with Gasteiger partial charge in [-0.25, -0.2) is 0 Å². The number of carboxylic acid groups (broad SMARTS) is 1. The fourth-order valence-electron chi connectivity index (χ4n) is 0.646. The molecule has 0 aliphatic carbocycles. The molecule has 0 saturated heterocycles. The number of thiol groups is 1. The van der Waals surface area contributed by atoms with Crippen LogP contribution < -0.4 is 34.7 Å². The number of carbonyl (C=O) groups excluding carboxylic acids is 1. The van der Waals surface area contributed by atoms with E-state index in [9.17, 15) is 9.90 Å². The zero-order chi connectivity index (χ0) is 9.56. The number of rotatable bonds is 1. The van der Waals surface area contributed by atoms with Crippen molar-refractivity contribution in [3.05, 3.63) is 29.8 Å². The molecule has 0 radical (unpaired) electrons. The van der Waals surface area contributed by atoms with E-state index in [0.29, 0.717) is 4.90 Å². The standard InChI is InChI=1S/C7H6O2S.CH3.Hg.Na/c8-7(9)5-3-1-2-4-6(5)10;;;/h1-4,10H,(H,8,9);1H3;;/q;;;+1/p-1. The molecule has 13 heavy (non-hydrogen) atoms. The van der Waals surface area contributed by atoms with Gasteiger partial charge >= 0.3 is 60.1 Å². The second-order valence-corrected chi connectivity index (χ2v) is 2.29. The molecule has 0 amide bonds. The van der Waals surface area contributed by atoms with Crippen molar-refractivity contribution < 1.29 is 65.6 Å². The summed E-state index contributed by atoms with van der Waals surface area (Å²) >= 11 is 4.94. The summed E-state index contributed by atoms with van der Waals surface area (Å²) in [6, 6.07) is 6.41. The minimum atomic E-state index is -1.19. The maximum Gasteiger partial charge on any atom is 1.00 e. The zero-order valence-electron chi connectivity index (χ0n) is 7.78. The predicted molar refractivity (Wildman–Crippen MR) is 43.9 cm³/mol. The number of hydrogen-bond acceptors (Lipinski definition) is 3. The average Bonchev–Trinajstić information content (AvgIpc) is 2.08. The van der Waals surface area contributed by atoms with Crippen LogP contribution in [0.3, 0.4) is 0 Å². The first-order valence-electron chi connectivity index (χ1n) is 3.42. The third kappa shape index (κ3) is 6.12. The molecule has 0 aliphatic rings. The second-order valence-electron chi connectivity index (χ2n) is 1.80. The van der Waals surface area contributed by atoms with E-state index in [0.717, 1.165) is 26.1 Å². The van der Waals surface area contributed by atoms with Crippen LogP contribution in [-0.4, -0.2) is 5.97 Å². The minimum Gasteiger partial charge on any atom is 1.00 e. The molecule has 1 aromatic rings. The Bertz CT molecular complexity index is 268. The van der Waals surface area contributed by atoms with Crippen LogP contribution in [0.5, 0.6) is 0 Å². The van der Waals surface area contributed by atoms with E-state index >= 15 is 0 Å². The molecule has 0 aromatic heterocycles. The van der Waals surface area contributed by atoms with Crippen molar-refractivity contribution in [1.82, 2.24) is 0 Å². The molecule has 1 rings (SSSR count). The largest absolute Gasteiger partial charge is 1.00 e. The van der Waals surface area contributed by atoms with Crippen molar-refractivity contribution in [2.75, 3.05) is 0 Å². The van der Waals surface area contributed by atoms with Crippen LogP contribution in [0.1, 0.15) is 10.4 Å². The van der Waals surface area contributed by atoms with Crippen molar-refractivity contribution in [1.29, 1.82) is 0 Å². The zero-order valence-corrected chi connectivity index (χ0v) is 16.2. The molecule has 1 aromatic carbocycles. The molecule has 0 unspecified atom stereocenters. The van der Waals surface area contributed by atoms with Crippen LogP contribution in [0.2, 0.25) is 4.43 Å². The molecule has 0 aliphatic heterocycles. The van der Waals surface area contributed by atoms with Gasteiger partial charge in [0.1, 0.15) is 0 Å². The van der Waals surface area contributed by atoms with Crippen LogP contribution in [0.25, 0.3) is 0 Å². The van der Waals surface area contributed by atoms with Gasteiger partial charge in [-0.05, 0) is 6.07 Å². The molecular weight excluding hydrogens is 384 g/mol. The molecule has 61 valence electrons. The van der Waals surface area contributed by atoms with Gasteiger partial charge in [-0.3, -0.25) is 0 Å². The van der Waals surface area contributed by atoms with Gasteiger partial charge in [0.05, 0.1) is 5.97 Å². The fourth-order valence-corrected chi connectivity index (χ4v) is 0.898. The number of carboxylic acids is 1. The van der Waals surface area contributed by atoms with Crippen molar-refractivity contribution >= 4 is 18.6 Å². The Balaban J connectivity index is 0. The van der Waals surface area contributed by atoms with Crippen molar-refractivity contribution in [3.8, 4) is 0 Å². The van der Waals surface area contributed by atoms with Crippen LogP contribution in [0.15, 0.2) is 29.2 Å². The summed E-state index contributed by atoms with van der Waals surface area (Å²) in [4.78, 5) is 10.7. The molecule has 2 nitrogen and oxygen atoms in total. The van der Waals surface area contributed by atoms with E-state index in [2.05, 4.69) is 17.1 Å². The van der Waals surface area contributed by atoms with Crippen LogP contribution in [0.4, 0.5) is 0 Å². The van der Waals surface area contributed by atoms with Gasteiger partial charge in [0.15, 0.2) is 0 Å². The first-order chi connectivity index (χ1) is 5.72. The Morgan fingerprint density at radius 3 is 2.15 bits per heavy atom. The van der Waals surface area contributed by atoms with Gasteiger partial charge in [-0.15, -0.1) is 12.6 Å². The molecule has 0 spiro atoms. The molecule has 0 N–H and O–H groups in total. The predicted octanol–water partition coefficient (Wildman–Crippen LogP) is -2.08. The quantitative estimate of drug-likeness (QED) is 0.441. The maximum atomic E-state index is 10.3. The molecule has 0 fully saturated rings. The van der Waals surface area contributed by atoms with Crippen LogP contribution in [0, 0.1) is 0 Å². The second kappa shape index (κ2) is 9.53. The van der Waals surface area contributed by atoms with Gasteiger partial charge in [-0.1, -0.05) is 18.2 Å². The summed E-state index contributed by atoms with van der Waals surface area (Å²) in [5.41, 5.74) is 0.130. The minimum absolute atomic E-state index is 0. The van der Waals surface area contributed by atoms with E-state index in [1.807, 2.05) is 0 Å². The molecule has 0 atom stereocenters. The molecule has 5 heteroatoms. The summed E-state index contributed by atoms with van der Waals surface area (Å²) in [6.45, 7) is 0. The van der Waals surface area contributed by atoms with Gasteiger partial charge in [-0.2, -0.15) is 0 Å². The van der Waals surface area contributed by atoms with E-state index in [1.165, 1.54) is 6.07 Å². The van der Waals surface area contributed by atoms with Gasteiger partial charge < -0.3 is 9.90 Å². The fraction of sp³-hybridized carbons (Fsp3) is 0.125. The van der Waals surface area contributed by atoms with Gasteiger partial charge in [0.2, 0.25) is 0 Å². The number of carbonyl (C=O) groups is 1. The number of hydrogen-bond donors (Lipinski definition) is 1. The Morgan fingerprint density at radius 1 is 1.38 bits per heavy atom. The number of aromatic carboxylic acids is 1. The first kappa shape index (κ1) is 16.4. The maximum absolute atomic E-state index is 10.3. The molecule has 0 saturated carbocycles. The Morgan fingerprint density at radius 2 is 1.85 bits per heavy atom. The Labute approximate surface area is 122 Å². The van der Waals surface area contributed by atoms with Gasteiger partial charge in [0, 0.05) is 10.5 Å². The Hall–Kier alpha value is 0.975. The third-order valence-electron chi connectivity index (χ3n) is 1.12. The SMILES string of the molecule is O=C([O-])c1ccccc1S.[CH3][Hg].[Na+]. The van der Waals surface area contributed by atoms with E-state index in [-0.39, 0.29) is 35.1 Å². The Kier molecular flexibility index (Phi) is 12.0. The molecule has 0 bridgehead atoms. The van der Waals surface area contributed by atoms with Gasteiger partial charge in [0.25, 0.3) is 0 Å². The van der Waals surface area contributed by atoms with Crippen molar-refractivity contribution in [2.24, 2.45) is 0 Å². The van der Waals surface area contributed by atoms with Crippen LogP contribution in [-0.2, 0) is 26.1 Å². The normalized spacial score (nSPS) is 7.69. The van der Waals surface area contributed by atoms with E-state index in [4.69, 9.17) is 0 Å². The van der Waals surface area contributed by atoms with Crippen molar-refractivity contribution in [3.63, 3.8) is 0 Å². The smallest absolute Gasteiger partial charge is 1.00 e. The molecular formula is C8H8HgNaO2S. The third-order valence-corrected chi connectivity index (χ3v) is 1.51. The summed E-state index contributed by atoms with van der Waals surface area (Å²) in [6.07, 6.45) is 0. The number of benzene rings is 1.